The van der Waals surface area contributed by atoms with E-state index in [1.54, 1.807) is 25.1 Å². The van der Waals surface area contributed by atoms with Crippen molar-refractivity contribution in [3.8, 4) is 0 Å². The molecule has 6 heteroatoms. The predicted octanol–water partition coefficient (Wildman–Crippen LogP) is 3.93. The van der Waals surface area contributed by atoms with E-state index < -0.39 is 22.4 Å². The lowest BCUT2D eigenvalue weighted by Crippen LogP contribution is -2.03. The number of anilines is 1. The fraction of sp³-hybridized carbons (Fsp3) is 0.143. The summed E-state index contributed by atoms with van der Waals surface area (Å²) < 4.78 is 39.8. The normalized spacial score (nSPS) is 12.4. The van der Waals surface area contributed by atoms with E-state index in [9.17, 15) is 13.0 Å². The molecule has 0 aliphatic rings. The fourth-order valence-corrected chi connectivity index (χ4v) is 3.30. The fourth-order valence-electron chi connectivity index (χ4n) is 1.71. The van der Waals surface area contributed by atoms with Gasteiger partial charge in [0, 0.05) is 16.1 Å². The average molecular weight is 360 g/mol. The summed E-state index contributed by atoms with van der Waals surface area (Å²) in [4.78, 5) is 0.496. The van der Waals surface area contributed by atoms with Crippen LogP contribution in [0.5, 0.6) is 0 Å². The molecule has 0 radical (unpaired) electrons. The Morgan fingerprint density at radius 3 is 2.60 bits per heavy atom. The molecular weight excluding hydrogens is 348 g/mol. The third-order valence-corrected chi connectivity index (χ3v) is 4.86. The van der Waals surface area contributed by atoms with Crippen LogP contribution in [0.4, 0.5) is 14.5 Å². The Morgan fingerprint density at radius 2 is 1.95 bits per heavy atom. The topological polar surface area (TPSA) is 43.1 Å². The molecule has 106 valence electrons. The van der Waals surface area contributed by atoms with Gasteiger partial charge in [0.1, 0.15) is 11.6 Å². The van der Waals surface area contributed by atoms with Gasteiger partial charge in [0.25, 0.3) is 0 Å². The van der Waals surface area contributed by atoms with Crippen molar-refractivity contribution in [3.63, 3.8) is 0 Å². The van der Waals surface area contributed by atoms with Gasteiger partial charge in [0.15, 0.2) is 0 Å². The molecule has 0 heterocycles. The second kappa shape index (κ2) is 6.01. The van der Waals surface area contributed by atoms with Crippen LogP contribution in [0, 0.1) is 18.6 Å². The van der Waals surface area contributed by atoms with Gasteiger partial charge in [-0.3, -0.25) is 4.21 Å². The summed E-state index contributed by atoms with van der Waals surface area (Å²) in [7, 11) is -1.54. The van der Waals surface area contributed by atoms with Crippen LogP contribution < -0.4 is 5.73 Å². The van der Waals surface area contributed by atoms with E-state index in [2.05, 4.69) is 15.9 Å². The molecule has 0 bridgehead atoms. The zero-order valence-corrected chi connectivity index (χ0v) is 13.0. The van der Waals surface area contributed by atoms with Gasteiger partial charge in [-0.15, -0.1) is 0 Å². The molecule has 2 nitrogen and oxygen atoms in total. The lowest BCUT2D eigenvalue weighted by atomic mass is 10.2. The van der Waals surface area contributed by atoms with E-state index in [1.807, 2.05) is 0 Å². The summed E-state index contributed by atoms with van der Waals surface area (Å²) in [5, 5.41) is 0. The zero-order chi connectivity index (χ0) is 14.9. The second-order valence-electron chi connectivity index (χ2n) is 4.33. The van der Waals surface area contributed by atoms with E-state index in [1.165, 1.54) is 6.07 Å². The van der Waals surface area contributed by atoms with Gasteiger partial charge in [-0.25, -0.2) is 8.78 Å². The number of hydrogen-bond donors (Lipinski definition) is 1. The van der Waals surface area contributed by atoms with Gasteiger partial charge >= 0.3 is 0 Å². The first-order valence-corrected chi connectivity index (χ1v) is 7.88. The first-order chi connectivity index (χ1) is 9.40. The Kier molecular flexibility index (Phi) is 4.55. The molecular formula is C14H12BrF2NOS. The standard InChI is InChI=1S/C14H12BrF2NOS/c1-8-6-9(2-5-13(8)18)20(19)7-10-12(16)4-3-11(15)14(10)17/h2-6H,7,18H2,1H3. The Morgan fingerprint density at radius 1 is 1.25 bits per heavy atom. The van der Waals surface area contributed by atoms with E-state index in [0.29, 0.717) is 10.6 Å². The molecule has 2 rings (SSSR count). The number of halogens is 3. The number of aryl methyl sites for hydroxylation is 1. The van der Waals surface area contributed by atoms with Crippen molar-refractivity contribution in [2.24, 2.45) is 0 Å². The molecule has 0 aromatic heterocycles. The van der Waals surface area contributed by atoms with Crippen LogP contribution in [0.1, 0.15) is 11.1 Å². The minimum atomic E-state index is -1.54. The molecule has 0 aliphatic heterocycles. The van der Waals surface area contributed by atoms with Gasteiger partial charge in [-0.1, -0.05) is 0 Å². The zero-order valence-electron chi connectivity index (χ0n) is 10.6. The van der Waals surface area contributed by atoms with Crippen LogP contribution in [0.3, 0.4) is 0 Å². The van der Waals surface area contributed by atoms with Crippen LogP contribution in [-0.2, 0) is 16.6 Å². The van der Waals surface area contributed by atoms with Gasteiger partial charge < -0.3 is 5.73 Å². The average Bonchev–Trinajstić information content (AvgIpc) is 2.42. The summed E-state index contributed by atoms with van der Waals surface area (Å²) >= 11 is 2.99. The molecule has 0 amide bonds. The van der Waals surface area contributed by atoms with E-state index in [4.69, 9.17) is 5.73 Å². The molecule has 0 spiro atoms. The lowest BCUT2D eigenvalue weighted by Gasteiger charge is -2.08. The highest BCUT2D eigenvalue weighted by Crippen LogP contribution is 2.25. The minimum Gasteiger partial charge on any atom is -0.399 e. The highest BCUT2D eigenvalue weighted by molar-refractivity contribution is 9.10. The summed E-state index contributed by atoms with van der Waals surface area (Å²) in [5.41, 5.74) is 6.87. The highest BCUT2D eigenvalue weighted by Gasteiger charge is 2.16. The lowest BCUT2D eigenvalue weighted by molar-refractivity contribution is 0.560. The number of benzene rings is 2. The number of rotatable bonds is 3. The minimum absolute atomic E-state index is 0.152. The van der Waals surface area contributed by atoms with Crippen LogP contribution in [-0.4, -0.2) is 4.21 Å². The Labute approximate surface area is 126 Å². The third-order valence-electron chi connectivity index (χ3n) is 2.92. The second-order valence-corrected chi connectivity index (χ2v) is 6.64. The summed E-state index contributed by atoms with van der Waals surface area (Å²) in [5.74, 6) is -1.64. The van der Waals surface area contributed by atoms with Gasteiger partial charge in [-0.05, 0) is 58.7 Å². The summed E-state index contributed by atoms with van der Waals surface area (Å²) in [6, 6.07) is 7.33. The molecule has 2 N–H and O–H groups in total. The molecule has 2 aromatic carbocycles. The predicted molar refractivity (Wildman–Crippen MR) is 79.8 cm³/mol. The molecule has 2 aromatic rings. The largest absolute Gasteiger partial charge is 0.399 e. The molecule has 1 unspecified atom stereocenters. The van der Waals surface area contributed by atoms with Crippen molar-refractivity contribution in [1.29, 1.82) is 0 Å². The maximum atomic E-state index is 13.8. The summed E-state index contributed by atoms with van der Waals surface area (Å²) in [6.45, 7) is 1.79. The Balaban J connectivity index is 2.32. The molecule has 20 heavy (non-hydrogen) atoms. The van der Waals surface area contributed by atoms with Crippen molar-refractivity contribution >= 4 is 32.4 Å². The Hall–Kier alpha value is -1.27. The first-order valence-electron chi connectivity index (χ1n) is 5.77. The molecule has 0 fully saturated rings. The van der Waals surface area contributed by atoms with Gasteiger partial charge in [0.05, 0.1) is 21.0 Å². The molecule has 1 atom stereocenters. The van der Waals surface area contributed by atoms with Gasteiger partial charge in [-0.2, -0.15) is 0 Å². The summed E-state index contributed by atoms with van der Waals surface area (Å²) in [6.07, 6.45) is 0. The van der Waals surface area contributed by atoms with Crippen molar-refractivity contribution < 1.29 is 13.0 Å². The maximum absolute atomic E-state index is 13.8. The number of hydrogen-bond acceptors (Lipinski definition) is 2. The number of nitrogens with two attached hydrogens (primary N) is 1. The quantitative estimate of drug-likeness (QED) is 0.666. The number of nitrogen functional groups attached to an aromatic ring is 1. The third kappa shape index (κ3) is 3.07. The molecule has 0 aliphatic carbocycles. The molecule has 0 saturated carbocycles. The van der Waals surface area contributed by atoms with Crippen LogP contribution in [0.15, 0.2) is 39.7 Å². The molecule has 0 saturated heterocycles. The smallest absolute Gasteiger partial charge is 0.144 e. The van der Waals surface area contributed by atoms with Crippen molar-refractivity contribution in [2.45, 2.75) is 17.6 Å². The monoisotopic (exact) mass is 359 g/mol. The van der Waals surface area contributed by atoms with E-state index >= 15 is 0 Å². The first kappa shape index (κ1) is 15.1. The van der Waals surface area contributed by atoms with Crippen molar-refractivity contribution in [2.75, 3.05) is 5.73 Å². The van der Waals surface area contributed by atoms with Crippen LogP contribution in [0.2, 0.25) is 0 Å². The van der Waals surface area contributed by atoms with Crippen molar-refractivity contribution in [1.82, 2.24) is 0 Å². The van der Waals surface area contributed by atoms with E-state index in [0.717, 1.165) is 11.6 Å². The van der Waals surface area contributed by atoms with Crippen LogP contribution >= 0.6 is 15.9 Å². The highest BCUT2D eigenvalue weighted by atomic mass is 79.9. The maximum Gasteiger partial charge on any atom is 0.144 e. The van der Waals surface area contributed by atoms with Gasteiger partial charge in [0.2, 0.25) is 0 Å². The van der Waals surface area contributed by atoms with E-state index in [-0.39, 0.29) is 15.8 Å². The SMILES string of the molecule is Cc1cc(S(=O)Cc2c(F)ccc(Br)c2F)ccc1N. The Bertz CT molecular complexity index is 691. The van der Waals surface area contributed by atoms with Crippen LogP contribution in [0.25, 0.3) is 0 Å². The van der Waals surface area contributed by atoms with Crippen molar-refractivity contribution in [3.05, 3.63) is 57.6 Å².